The molecule has 45 heavy (non-hydrogen) atoms. The first-order chi connectivity index (χ1) is 21.5. The van der Waals surface area contributed by atoms with Crippen LogP contribution in [0.1, 0.15) is 77.8 Å². The maximum Gasteiger partial charge on any atom is 0.214 e. The molecule has 0 bridgehead atoms. The summed E-state index contributed by atoms with van der Waals surface area (Å²) in [5, 5.41) is 8.86. The van der Waals surface area contributed by atoms with Crippen molar-refractivity contribution < 1.29 is 28.6 Å². The number of halogens is 2. The molecule has 2 heterocycles. The van der Waals surface area contributed by atoms with Gasteiger partial charge < -0.3 is 28.5 Å². The number of hydrogen-bond donors (Lipinski definition) is 0. The number of hydrogen-bond acceptors (Lipinski definition) is 0. The Kier molecular flexibility index (Phi) is 9.40. The Morgan fingerprint density at radius 1 is 0.800 bits per heavy atom. The van der Waals surface area contributed by atoms with Crippen LogP contribution in [0.5, 0.6) is 0 Å². The predicted octanol–water partition coefficient (Wildman–Crippen LogP) is 7.92. The van der Waals surface area contributed by atoms with Crippen LogP contribution in [0.15, 0.2) is 107 Å². The SMILES string of the molecule is CCCC(C)n1/c(=C/C=C2\CCC(/C=C/C3=[N+](C(C)CCC)c4cccc5cccc3c45)=C2Cl)c2cccc3cccc1c32.[I-]. The maximum absolute atomic E-state index is 7.15. The van der Waals surface area contributed by atoms with Crippen LogP contribution in [0.3, 0.4) is 0 Å². The average molecular weight is 725 g/mol. The van der Waals surface area contributed by atoms with Crippen molar-refractivity contribution in [2.75, 3.05) is 0 Å². The van der Waals surface area contributed by atoms with E-state index in [2.05, 4.69) is 134 Å². The zero-order valence-corrected chi connectivity index (χ0v) is 29.7. The molecule has 5 aromatic rings. The Labute approximate surface area is 289 Å². The fraction of sp³-hybridized carbons (Fsp3) is 0.293. The van der Waals surface area contributed by atoms with Crippen molar-refractivity contribution in [2.45, 2.75) is 78.3 Å². The molecule has 0 amide bonds. The second-order valence-electron chi connectivity index (χ2n) is 12.7. The monoisotopic (exact) mass is 724 g/mol. The summed E-state index contributed by atoms with van der Waals surface area (Å²) in [6.45, 7) is 9.25. The molecule has 2 atom stereocenters. The highest BCUT2D eigenvalue weighted by Crippen LogP contribution is 2.39. The first-order valence-corrected chi connectivity index (χ1v) is 16.9. The summed E-state index contributed by atoms with van der Waals surface area (Å²) in [7, 11) is 0. The molecule has 2 aliphatic rings. The lowest BCUT2D eigenvalue weighted by molar-refractivity contribution is -0.476. The molecule has 0 saturated heterocycles. The van der Waals surface area contributed by atoms with E-state index < -0.39 is 0 Å². The van der Waals surface area contributed by atoms with E-state index in [0.717, 1.165) is 43.6 Å². The summed E-state index contributed by atoms with van der Waals surface area (Å²) in [6.07, 6.45) is 15.8. The number of nitrogens with zero attached hydrogens (tertiary/aromatic N) is 2. The van der Waals surface area contributed by atoms with Gasteiger partial charge in [-0.15, -0.1) is 0 Å². The lowest BCUT2D eigenvalue weighted by Gasteiger charge is -2.15. The van der Waals surface area contributed by atoms with E-state index in [0.29, 0.717) is 12.1 Å². The molecule has 1 aromatic heterocycles. The fourth-order valence-corrected chi connectivity index (χ4v) is 8.06. The summed E-state index contributed by atoms with van der Waals surface area (Å²) < 4.78 is 5.10. The lowest BCUT2D eigenvalue weighted by Crippen LogP contribution is -3.00. The van der Waals surface area contributed by atoms with Crippen LogP contribution in [0.25, 0.3) is 38.5 Å². The molecule has 2 unspecified atom stereocenters. The molecule has 230 valence electrons. The van der Waals surface area contributed by atoms with Gasteiger partial charge in [0.2, 0.25) is 11.4 Å². The molecule has 1 aliphatic heterocycles. The highest BCUT2D eigenvalue weighted by molar-refractivity contribution is 6.33. The van der Waals surface area contributed by atoms with E-state index in [1.165, 1.54) is 65.9 Å². The van der Waals surface area contributed by atoms with Crippen LogP contribution >= 0.6 is 11.6 Å². The third-order valence-electron chi connectivity index (χ3n) is 9.76. The molecule has 1 aliphatic carbocycles. The van der Waals surface area contributed by atoms with Crippen LogP contribution in [0.2, 0.25) is 0 Å². The molecule has 7 rings (SSSR count). The second kappa shape index (κ2) is 13.3. The van der Waals surface area contributed by atoms with Crippen molar-refractivity contribution in [3.8, 4) is 0 Å². The molecule has 2 nitrogen and oxygen atoms in total. The van der Waals surface area contributed by atoms with Crippen molar-refractivity contribution in [3.63, 3.8) is 0 Å². The molecule has 4 aromatic carbocycles. The van der Waals surface area contributed by atoms with E-state index in [1.807, 2.05) is 0 Å². The molecule has 0 spiro atoms. The van der Waals surface area contributed by atoms with Crippen molar-refractivity contribution in [1.82, 2.24) is 4.57 Å². The summed E-state index contributed by atoms with van der Waals surface area (Å²) in [4.78, 5) is 0. The van der Waals surface area contributed by atoms with Gasteiger partial charge in [0.25, 0.3) is 0 Å². The quantitative estimate of drug-likeness (QED) is 0.108. The van der Waals surface area contributed by atoms with Gasteiger partial charge >= 0.3 is 0 Å². The minimum atomic E-state index is 0. The summed E-state index contributed by atoms with van der Waals surface area (Å²) in [5.74, 6) is 0. The lowest BCUT2D eigenvalue weighted by atomic mass is 10.0. The van der Waals surface area contributed by atoms with Gasteiger partial charge in [-0.05, 0) is 79.7 Å². The molecular formula is C41H42ClIN2. The Morgan fingerprint density at radius 2 is 1.49 bits per heavy atom. The van der Waals surface area contributed by atoms with E-state index in [-0.39, 0.29) is 24.0 Å². The number of allylic oxidation sites excluding steroid dienone is 6. The van der Waals surface area contributed by atoms with E-state index in [9.17, 15) is 0 Å². The summed E-state index contributed by atoms with van der Waals surface area (Å²) >= 11 is 7.15. The van der Waals surface area contributed by atoms with E-state index in [4.69, 9.17) is 11.6 Å². The van der Waals surface area contributed by atoms with Gasteiger partial charge in [0.15, 0.2) is 6.04 Å². The number of rotatable bonds is 9. The zero-order chi connectivity index (χ0) is 30.4. The zero-order valence-electron chi connectivity index (χ0n) is 26.8. The van der Waals surface area contributed by atoms with Gasteiger partial charge in [-0.3, -0.25) is 0 Å². The molecule has 0 fully saturated rings. The van der Waals surface area contributed by atoms with Crippen molar-refractivity contribution in [2.24, 2.45) is 0 Å². The summed E-state index contributed by atoms with van der Waals surface area (Å²) in [6, 6.07) is 27.6. The largest absolute Gasteiger partial charge is 1.00 e. The van der Waals surface area contributed by atoms with Gasteiger partial charge in [0.05, 0.1) is 10.9 Å². The first-order valence-electron chi connectivity index (χ1n) is 16.5. The van der Waals surface area contributed by atoms with Crippen LogP contribution < -0.4 is 29.3 Å². The third-order valence-corrected chi connectivity index (χ3v) is 10.2. The van der Waals surface area contributed by atoms with E-state index in [1.54, 1.807) is 0 Å². The molecule has 0 radical (unpaired) electrons. The first kappa shape index (κ1) is 31.8. The van der Waals surface area contributed by atoms with Gasteiger partial charge in [0.1, 0.15) is 0 Å². The van der Waals surface area contributed by atoms with Gasteiger partial charge in [0, 0.05) is 51.3 Å². The fourth-order valence-electron chi connectivity index (χ4n) is 7.74. The molecule has 0 saturated carbocycles. The molecular weight excluding hydrogens is 683 g/mol. The normalized spacial score (nSPS) is 17.6. The van der Waals surface area contributed by atoms with E-state index >= 15 is 0 Å². The predicted molar refractivity (Wildman–Crippen MR) is 190 cm³/mol. The molecule has 0 N–H and O–H groups in total. The Hall–Kier alpha value is -3.15. The average Bonchev–Trinajstić information content (AvgIpc) is 3.67. The van der Waals surface area contributed by atoms with Crippen molar-refractivity contribution >= 4 is 61.5 Å². The number of benzene rings is 4. The third kappa shape index (κ3) is 5.50. The Balaban J connectivity index is 0.00000357. The highest BCUT2D eigenvalue weighted by atomic mass is 127. The van der Waals surface area contributed by atoms with Crippen molar-refractivity contribution in [1.29, 1.82) is 0 Å². The standard InChI is InChI=1S/C41H42ClN2.HI/c1-5-11-27(3)43-35(33-17-7-13-29-15-9-19-37(43)39(29)33)25-23-31-21-22-32(41(31)42)24-26-36-34-18-8-14-30-16-10-20-38(40(30)34)44(36)28(4)12-6-2;/h7-10,13-20,23-28H,5-6,11-12,21-22H2,1-4H3;1H/q+1;/p-1. The minimum absolute atomic E-state index is 0. The van der Waals surface area contributed by atoms with Gasteiger partial charge in [-0.25, -0.2) is 0 Å². The Morgan fingerprint density at radius 3 is 2.24 bits per heavy atom. The van der Waals surface area contributed by atoms with Gasteiger partial charge in [-0.1, -0.05) is 98.6 Å². The minimum Gasteiger partial charge on any atom is -1.00 e. The van der Waals surface area contributed by atoms with Crippen LogP contribution in [0.4, 0.5) is 5.69 Å². The summed E-state index contributed by atoms with van der Waals surface area (Å²) in [5.41, 5.74) is 7.71. The number of aromatic nitrogens is 1. The molecule has 4 heteroatoms. The van der Waals surface area contributed by atoms with Gasteiger partial charge in [-0.2, -0.15) is 4.58 Å². The van der Waals surface area contributed by atoms with Crippen molar-refractivity contribution in [3.05, 3.63) is 118 Å². The Bertz CT molecular complexity index is 2080. The smallest absolute Gasteiger partial charge is 0.214 e. The van der Waals surface area contributed by atoms with Crippen LogP contribution in [-0.2, 0) is 0 Å². The maximum atomic E-state index is 7.15. The topological polar surface area (TPSA) is 7.94 Å². The van der Waals surface area contributed by atoms with Crippen LogP contribution in [-0.4, -0.2) is 20.9 Å². The second-order valence-corrected chi connectivity index (χ2v) is 13.1. The highest BCUT2D eigenvalue weighted by Gasteiger charge is 2.33. The van der Waals surface area contributed by atoms with Crippen LogP contribution in [0, 0.1) is 0 Å².